The van der Waals surface area contributed by atoms with E-state index in [4.69, 9.17) is 9.47 Å². The van der Waals surface area contributed by atoms with Crippen molar-refractivity contribution in [1.29, 1.82) is 0 Å². The van der Waals surface area contributed by atoms with Crippen LogP contribution in [0.2, 0.25) is 0 Å². The Labute approximate surface area is 279 Å². The molecule has 0 saturated heterocycles. The van der Waals surface area contributed by atoms with E-state index in [9.17, 15) is 18.4 Å². The summed E-state index contributed by atoms with van der Waals surface area (Å²) in [6.45, 7) is 13.4. The summed E-state index contributed by atoms with van der Waals surface area (Å²) in [5.41, 5.74) is 4.90. The summed E-state index contributed by atoms with van der Waals surface area (Å²) < 4.78 is 39.1. The smallest absolute Gasteiger partial charge is 0.343 e. The monoisotopic (exact) mass is 642 g/mol. The van der Waals surface area contributed by atoms with Gasteiger partial charge in [-0.2, -0.15) is 0 Å². The van der Waals surface area contributed by atoms with Crippen molar-refractivity contribution in [3.8, 4) is 33.8 Å². The highest BCUT2D eigenvalue weighted by Crippen LogP contribution is 2.28. The number of hydrogen-bond donors (Lipinski definition) is 0. The van der Waals surface area contributed by atoms with Gasteiger partial charge in [0.05, 0.1) is 11.1 Å². The van der Waals surface area contributed by atoms with Crippen LogP contribution in [0.4, 0.5) is 8.78 Å². The van der Waals surface area contributed by atoms with Crippen LogP contribution < -0.4 is 9.47 Å². The highest BCUT2D eigenvalue weighted by Gasteiger charge is 2.13. The van der Waals surface area contributed by atoms with E-state index in [0.717, 1.165) is 33.0 Å². The number of carbonyl (C=O) groups is 2. The minimum absolute atomic E-state index is 0.281. The minimum Gasteiger partial charge on any atom is -0.423 e. The summed E-state index contributed by atoms with van der Waals surface area (Å²) in [4.78, 5) is 25.6. The molecule has 0 aliphatic carbocycles. The van der Waals surface area contributed by atoms with Crippen LogP contribution in [0.1, 0.15) is 45.7 Å². The molecule has 0 spiro atoms. The Hall–Kier alpha value is -5.88. The lowest BCUT2D eigenvalue weighted by atomic mass is 10.0. The van der Waals surface area contributed by atoms with Gasteiger partial charge in [0.15, 0.2) is 0 Å². The van der Waals surface area contributed by atoms with Crippen LogP contribution in [0.5, 0.6) is 11.5 Å². The molecule has 0 aromatic heterocycles. The number of aryl methyl sites for hydroxylation is 2. The Balaban J connectivity index is 0.00000125. The molecule has 0 radical (unpaired) electrons. The molecule has 0 atom stereocenters. The van der Waals surface area contributed by atoms with Crippen molar-refractivity contribution >= 4 is 22.7 Å². The summed E-state index contributed by atoms with van der Waals surface area (Å²) in [6, 6.07) is 34.0. The van der Waals surface area contributed by atoms with E-state index in [1.165, 1.54) is 12.1 Å². The van der Waals surface area contributed by atoms with Crippen molar-refractivity contribution in [1.82, 2.24) is 0 Å². The number of ether oxygens (including phenoxy) is 2. The first kappa shape index (κ1) is 35.0. The first-order chi connectivity index (χ1) is 23.2. The average molecular weight is 643 g/mol. The predicted molar refractivity (Wildman–Crippen MR) is 190 cm³/mol. The third-order valence-electron chi connectivity index (χ3n) is 7.46. The molecule has 4 nitrogen and oxygen atoms in total. The van der Waals surface area contributed by atoms with Crippen molar-refractivity contribution < 1.29 is 27.8 Å². The van der Waals surface area contributed by atoms with Crippen molar-refractivity contribution in [2.45, 2.75) is 27.7 Å². The van der Waals surface area contributed by atoms with Crippen LogP contribution >= 0.6 is 0 Å². The standard InChI is InChI=1S/C38H26F2O4.C2H6.C2H4/c1-23-3-5-31(21-35(23)39)25-7-11-27(12-8-25)37(41)43-33-17-15-30-20-34(18-16-29(30)19-33)44-38(42)28-13-9-26(10-14-28)32-6-4-24(2)36(40)22-32;2*1-2/h3-22H,1-2H3;1-2H3;1-2H2. The lowest BCUT2D eigenvalue weighted by molar-refractivity contribution is 0.0725. The van der Waals surface area contributed by atoms with Crippen LogP contribution in [0.3, 0.4) is 0 Å². The topological polar surface area (TPSA) is 52.6 Å². The molecular weight excluding hydrogens is 606 g/mol. The zero-order chi connectivity index (χ0) is 34.8. The van der Waals surface area contributed by atoms with E-state index in [0.29, 0.717) is 33.8 Å². The van der Waals surface area contributed by atoms with Gasteiger partial charge in [-0.05, 0) is 119 Å². The van der Waals surface area contributed by atoms with Gasteiger partial charge in [-0.15, -0.1) is 13.2 Å². The quantitative estimate of drug-likeness (QED) is 0.103. The maximum atomic E-state index is 13.9. The van der Waals surface area contributed by atoms with Crippen LogP contribution in [0.15, 0.2) is 134 Å². The van der Waals surface area contributed by atoms with Gasteiger partial charge in [0, 0.05) is 0 Å². The number of rotatable bonds is 6. The fourth-order valence-corrected chi connectivity index (χ4v) is 4.80. The largest absolute Gasteiger partial charge is 0.423 e. The van der Waals surface area contributed by atoms with Crippen LogP contribution in [-0.2, 0) is 0 Å². The third kappa shape index (κ3) is 8.28. The van der Waals surface area contributed by atoms with Gasteiger partial charge < -0.3 is 9.47 Å². The maximum Gasteiger partial charge on any atom is 0.343 e. The highest BCUT2D eigenvalue weighted by atomic mass is 19.1. The molecule has 0 saturated carbocycles. The molecule has 0 aliphatic rings. The first-order valence-corrected chi connectivity index (χ1v) is 15.4. The number of carbonyl (C=O) groups excluding carboxylic acids is 2. The number of esters is 2. The summed E-state index contributed by atoms with van der Waals surface area (Å²) in [7, 11) is 0. The van der Waals surface area contributed by atoms with Gasteiger partial charge in [0.25, 0.3) is 0 Å². The van der Waals surface area contributed by atoms with E-state index in [1.54, 1.807) is 111 Å². The van der Waals surface area contributed by atoms with Crippen molar-refractivity contribution in [2.24, 2.45) is 0 Å². The van der Waals surface area contributed by atoms with Gasteiger partial charge in [-0.25, -0.2) is 18.4 Å². The summed E-state index contributed by atoms with van der Waals surface area (Å²) in [5.74, 6) is -0.867. The molecule has 242 valence electrons. The van der Waals surface area contributed by atoms with Crippen LogP contribution in [-0.4, -0.2) is 11.9 Å². The molecule has 0 aliphatic heterocycles. The SMILES string of the molecule is C=C.CC.Cc1ccc(-c2ccc(C(=O)Oc3ccc4cc(OC(=O)c5ccc(-c6ccc(C)c(F)c6)cc5)ccc4c3)cc2)cc1F. The van der Waals surface area contributed by atoms with Gasteiger partial charge in [-0.1, -0.05) is 74.5 Å². The maximum absolute atomic E-state index is 13.9. The first-order valence-electron chi connectivity index (χ1n) is 15.4. The van der Waals surface area contributed by atoms with Gasteiger partial charge in [0.1, 0.15) is 23.1 Å². The number of benzene rings is 6. The molecule has 48 heavy (non-hydrogen) atoms. The molecule has 6 heteroatoms. The number of halogens is 2. The Morgan fingerprint density at radius 2 is 0.812 bits per heavy atom. The summed E-state index contributed by atoms with van der Waals surface area (Å²) >= 11 is 0. The van der Waals surface area contributed by atoms with E-state index >= 15 is 0 Å². The predicted octanol–water partition coefficient (Wildman–Crippen LogP) is 11.3. The highest BCUT2D eigenvalue weighted by molar-refractivity contribution is 5.94. The summed E-state index contributed by atoms with van der Waals surface area (Å²) in [6.07, 6.45) is 0. The third-order valence-corrected chi connectivity index (χ3v) is 7.46. The second-order valence-electron chi connectivity index (χ2n) is 10.5. The minimum atomic E-state index is -0.518. The van der Waals surface area contributed by atoms with E-state index in [1.807, 2.05) is 26.0 Å². The Morgan fingerprint density at radius 3 is 1.15 bits per heavy atom. The molecular formula is C42H36F2O4. The van der Waals surface area contributed by atoms with Crippen molar-refractivity contribution in [3.63, 3.8) is 0 Å². The normalized spacial score (nSPS) is 10.2. The summed E-state index contributed by atoms with van der Waals surface area (Å²) in [5, 5.41) is 1.59. The van der Waals surface area contributed by atoms with Gasteiger partial charge in [-0.3, -0.25) is 0 Å². The zero-order valence-electron chi connectivity index (χ0n) is 27.4. The molecule has 6 aromatic rings. The van der Waals surface area contributed by atoms with Crippen LogP contribution in [0, 0.1) is 25.5 Å². The lowest BCUT2D eigenvalue weighted by Crippen LogP contribution is -2.08. The Kier molecular flexibility index (Phi) is 11.7. The molecule has 0 bridgehead atoms. The average Bonchev–Trinajstić information content (AvgIpc) is 3.12. The molecule has 6 aromatic carbocycles. The van der Waals surface area contributed by atoms with Crippen LogP contribution in [0.25, 0.3) is 33.0 Å². The van der Waals surface area contributed by atoms with Gasteiger partial charge in [0.2, 0.25) is 0 Å². The molecule has 0 fully saturated rings. The second-order valence-corrected chi connectivity index (χ2v) is 10.5. The van der Waals surface area contributed by atoms with E-state index in [-0.39, 0.29) is 11.6 Å². The Morgan fingerprint density at radius 1 is 0.479 bits per heavy atom. The van der Waals surface area contributed by atoms with Crippen molar-refractivity contribution in [3.05, 3.63) is 168 Å². The molecule has 0 heterocycles. The number of hydrogen-bond acceptors (Lipinski definition) is 4. The fourth-order valence-electron chi connectivity index (χ4n) is 4.80. The fraction of sp³-hybridized carbons (Fsp3) is 0.0952. The molecule has 0 N–H and O–H groups in total. The molecule has 0 unspecified atom stereocenters. The van der Waals surface area contributed by atoms with Crippen molar-refractivity contribution in [2.75, 3.05) is 0 Å². The zero-order valence-corrected chi connectivity index (χ0v) is 27.4. The lowest BCUT2D eigenvalue weighted by Gasteiger charge is -2.09. The molecule has 6 rings (SSSR count). The number of fused-ring (bicyclic) bond motifs is 1. The van der Waals surface area contributed by atoms with Gasteiger partial charge >= 0.3 is 11.9 Å². The van der Waals surface area contributed by atoms with E-state index < -0.39 is 11.9 Å². The Bertz CT molecular complexity index is 1900. The van der Waals surface area contributed by atoms with E-state index in [2.05, 4.69) is 13.2 Å². The molecule has 0 amide bonds. The second kappa shape index (κ2) is 16.1.